The lowest BCUT2D eigenvalue weighted by Gasteiger charge is -2.33. The monoisotopic (exact) mass is 358 g/mol. The van der Waals surface area contributed by atoms with Crippen molar-refractivity contribution in [1.82, 2.24) is 9.47 Å². The summed E-state index contributed by atoms with van der Waals surface area (Å²) < 4.78 is 18.3. The number of rotatable bonds is 6. The molecule has 0 radical (unpaired) electrons. The first-order valence-electron chi connectivity index (χ1n) is 8.85. The number of carbonyl (C=O) groups excluding carboxylic acids is 1. The van der Waals surface area contributed by atoms with Gasteiger partial charge in [0.15, 0.2) is 11.5 Å². The van der Waals surface area contributed by atoms with Gasteiger partial charge in [-0.1, -0.05) is 0 Å². The molecule has 1 fully saturated rings. The zero-order valence-electron chi connectivity index (χ0n) is 15.6. The Morgan fingerprint density at radius 3 is 2.08 bits per heavy atom. The van der Waals surface area contributed by atoms with Gasteiger partial charge in [-0.15, -0.1) is 0 Å². The zero-order valence-corrected chi connectivity index (χ0v) is 15.6. The van der Waals surface area contributed by atoms with Crippen molar-refractivity contribution in [3.63, 3.8) is 0 Å². The summed E-state index contributed by atoms with van der Waals surface area (Å²) in [6.45, 7) is 1.57. The second-order valence-electron chi connectivity index (χ2n) is 6.45. The van der Waals surface area contributed by atoms with Gasteiger partial charge in [0.25, 0.3) is 0 Å². The summed E-state index contributed by atoms with van der Waals surface area (Å²) in [6, 6.07) is 8.25. The molecule has 0 saturated carbocycles. The Kier molecular flexibility index (Phi) is 5.71. The number of amides is 1. The molecule has 0 N–H and O–H groups in total. The van der Waals surface area contributed by atoms with Crippen LogP contribution in [0.3, 0.4) is 0 Å². The minimum atomic E-state index is 0.130. The van der Waals surface area contributed by atoms with Gasteiger partial charge in [-0.25, -0.2) is 0 Å². The molecule has 26 heavy (non-hydrogen) atoms. The summed E-state index contributed by atoms with van der Waals surface area (Å²) >= 11 is 0. The molecule has 0 unspecified atom stereocenters. The van der Waals surface area contributed by atoms with E-state index in [1.165, 1.54) is 0 Å². The quantitative estimate of drug-likeness (QED) is 0.797. The van der Waals surface area contributed by atoms with Crippen molar-refractivity contribution in [2.24, 2.45) is 0 Å². The Bertz CT molecular complexity index is 709. The van der Waals surface area contributed by atoms with Crippen molar-refractivity contribution in [2.45, 2.75) is 25.3 Å². The number of hydrogen-bond donors (Lipinski definition) is 0. The van der Waals surface area contributed by atoms with E-state index in [1.807, 2.05) is 29.2 Å². The van der Waals surface area contributed by atoms with Crippen LogP contribution >= 0.6 is 0 Å². The van der Waals surface area contributed by atoms with Gasteiger partial charge in [-0.2, -0.15) is 0 Å². The van der Waals surface area contributed by atoms with Crippen LogP contribution in [0.1, 0.15) is 24.4 Å². The number of nitrogens with zero attached hydrogens (tertiary/aromatic N) is 2. The zero-order chi connectivity index (χ0) is 18.5. The van der Waals surface area contributed by atoms with Crippen molar-refractivity contribution in [3.8, 4) is 17.2 Å². The standard InChI is InChI=1S/C20H26N2O4/c1-24-17-12-15(13-18(25-2)20(17)26-3)14-19(23)22-10-6-16(7-11-22)21-8-4-5-9-21/h4-5,8-9,12-13,16H,6-7,10-11,14H2,1-3H3. The van der Waals surface area contributed by atoms with Gasteiger partial charge in [-0.05, 0) is 42.7 Å². The van der Waals surface area contributed by atoms with Gasteiger partial charge in [0.05, 0.1) is 27.8 Å². The summed E-state index contributed by atoms with van der Waals surface area (Å²) in [7, 11) is 4.73. The largest absolute Gasteiger partial charge is 0.493 e. The first-order chi connectivity index (χ1) is 12.7. The minimum Gasteiger partial charge on any atom is -0.493 e. The van der Waals surface area contributed by atoms with Crippen LogP contribution < -0.4 is 14.2 Å². The molecule has 6 nitrogen and oxygen atoms in total. The molecule has 1 aromatic carbocycles. The fraction of sp³-hybridized carbons (Fsp3) is 0.450. The summed E-state index contributed by atoms with van der Waals surface area (Å²) in [4.78, 5) is 14.7. The number of piperidine rings is 1. The second kappa shape index (κ2) is 8.17. The maximum absolute atomic E-state index is 12.7. The predicted molar refractivity (Wildman–Crippen MR) is 99.1 cm³/mol. The maximum Gasteiger partial charge on any atom is 0.226 e. The van der Waals surface area contributed by atoms with Crippen LogP contribution in [0, 0.1) is 0 Å². The van der Waals surface area contributed by atoms with E-state index >= 15 is 0 Å². The van der Waals surface area contributed by atoms with E-state index in [1.54, 1.807) is 21.3 Å². The van der Waals surface area contributed by atoms with Crippen LogP contribution in [0.25, 0.3) is 0 Å². The lowest BCUT2D eigenvalue weighted by Crippen LogP contribution is -2.39. The van der Waals surface area contributed by atoms with Crippen LogP contribution in [-0.2, 0) is 11.2 Å². The molecule has 2 heterocycles. The van der Waals surface area contributed by atoms with Crippen LogP contribution in [0.4, 0.5) is 0 Å². The summed E-state index contributed by atoms with van der Waals surface area (Å²) in [6.07, 6.45) is 6.48. The molecule has 0 aliphatic carbocycles. The van der Waals surface area contributed by atoms with Gasteiger partial charge in [0.2, 0.25) is 11.7 Å². The molecule has 1 aliphatic heterocycles. The SMILES string of the molecule is COc1cc(CC(=O)N2CCC(n3cccc3)CC2)cc(OC)c1OC. The number of ether oxygens (including phenoxy) is 3. The molecule has 0 bridgehead atoms. The Morgan fingerprint density at radius 2 is 1.58 bits per heavy atom. The lowest BCUT2D eigenvalue weighted by atomic mass is 10.0. The van der Waals surface area contributed by atoms with Crippen molar-refractivity contribution < 1.29 is 19.0 Å². The van der Waals surface area contributed by atoms with Crippen molar-refractivity contribution >= 4 is 5.91 Å². The minimum absolute atomic E-state index is 0.130. The summed E-state index contributed by atoms with van der Waals surface area (Å²) in [5.74, 6) is 1.81. The number of aromatic nitrogens is 1. The van der Waals surface area contributed by atoms with E-state index in [-0.39, 0.29) is 5.91 Å². The van der Waals surface area contributed by atoms with Crippen molar-refractivity contribution in [1.29, 1.82) is 0 Å². The maximum atomic E-state index is 12.7. The Labute approximate surface area is 154 Å². The fourth-order valence-corrected chi connectivity index (χ4v) is 3.53. The molecule has 3 rings (SSSR count). The third-order valence-corrected chi connectivity index (χ3v) is 4.95. The van der Waals surface area contributed by atoms with Crippen LogP contribution in [0.2, 0.25) is 0 Å². The number of benzene rings is 1. The Morgan fingerprint density at radius 1 is 1.00 bits per heavy atom. The normalized spacial score (nSPS) is 15.0. The molecule has 1 saturated heterocycles. The van der Waals surface area contributed by atoms with E-state index < -0.39 is 0 Å². The van der Waals surface area contributed by atoms with Crippen molar-refractivity contribution in [3.05, 3.63) is 42.2 Å². The number of hydrogen-bond acceptors (Lipinski definition) is 4. The molecule has 1 amide bonds. The smallest absolute Gasteiger partial charge is 0.226 e. The highest BCUT2D eigenvalue weighted by Gasteiger charge is 2.24. The van der Waals surface area contributed by atoms with Crippen molar-refractivity contribution in [2.75, 3.05) is 34.4 Å². The fourth-order valence-electron chi connectivity index (χ4n) is 3.53. The third-order valence-electron chi connectivity index (χ3n) is 4.95. The predicted octanol–water partition coefficient (Wildman–Crippen LogP) is 2.92. The summed E-state index contributed by atoms with van der Waals surface area (Å²) in [5, 5.41) is 0. The molecule has 140 valence electrons. The molecular formula is C20H26N2O4. The molecule has 2 aromatic rings. The molecule has 6 heteroatoms. The second-order valence-corrected chi connectivity index (χ2v) is 6.45. The highest BCUT2D eigenvalue weighted by atomic mass is 16.5. The average Bonchev–Trinajstić information content (AvgIpc) is 3.22. The van der Waals surface area contributed by atoms with Crippen LogP contribution in [-0.4, -0.2) is 49.8 Å². The molecule has 1 aromatic heterocycles. The van der Waals surface area contributed by atoms with Gasteiger partial charge in [0, 0.05) is 31.5 Å². The number of likely N-dealkylation sites (tertiary alicyclic amines) is 1. The van der Waals surface area contributed by atoms with E-state index in [0.29, 0.717) is 29.7 Å². The van der Waals surface area contributed by atoms with Gasteiger partial charge in [0.1, 0.15) is 0 Å². The van der Waals surface area contributed by atoms with Gasteiger partial charge in [-0.3, -0.25) is 4.79 Å². The highest BCUT2D eigenvalue weighted by molar-refractivity contribution is 5.79. The topological polar surface area (TPSA) is 52.9 Å². The first kappa shape index (κ1) is 18.2. The van der Waals surface area contributed by atoms with Crippen LogP contribution in [0.15, 0.2) is 36.7 Å². The Hall–Kier alpha value is -2.63. The van der Waals surface area contributed by atoms with Gasteiger partial charge < -0.3 is 23.7 Å². The van der Waals surface area contributed by atoms with E-state index in [4.69, 9.17) is 14.2 Å². The summed E-state index contributed by atoms with van der Waals surface area (Å²) in [5.41, 5.74) is 0.858. The van der Waals surface area contributed by atoms with Crippen LogP contribution in [0.5, 0.6) is 17.2 Å². The number of carbonyl (C=O) groups is 1. The lowest BCUT2D eigenvalue weighted by molar-refractivity contribution is -0.131. The molecule has 0 spiro atoms. The molecule has 0 atom stereocenters. The van der Waals surface area contributed by atoms with E-state index in [9.17, 15) is 4.79 Å². The third kappa shape index (κ3) is 3.79. The van der Waals surface area contributed by atoms with Gasteiger partial charge >= 0.3 is 0 Å². The Balaban J connectivity index is 1.65. The average molecular weight is 358 g/mol. The number of methoxy groups -OCH3 is 3. The first-order valence-corrected chi connectivity index (χ1v) is 8.85. The van der Waals surface area contributed by atoms with E-state index in [0.717, 1.165) is 31.5 Å². The molecular weight excluding hydrogens is 332 g/mol. The van der Waals surface area contributed by atoms with E-state index in [2.05, 4.69) is 17.0 Å². The molecule has 1 aliphatic rings. The highest BCUT2D eigenvalue weighted by Crippen LogP contribution is 2.38.